The number of aromatic amines is 2. The zero-order valence-electron chi connectivity index (χ0n) is 17.4. The van der Waals surface area contributed by atoms with Crippen LogP contribution in [0, 0.1) is 0 Å². The number of nitrogens with zero attached hydrogens (tertiary/aromatic N) is 3. The molecule has 3 aromatic rings. The van der Waals surface area contributed by atoms with Crippen molar-refractivity contribution >= 4 is 33.1 Å². The van der Waals surface area contributed by atoms with Crippen LogP contribution in [0.1, 0.15) is 51.8 Å². The second kappa shape index (κ2) is 9.75. The van der Waals surface area contributed by atoms with Gasteiger partial charge < -0.3 is 15.6 Å². The molecule has 0 bridgehead atoms. The highest BCUT2D eigenvalue weighted by Gasteiger charge is 2.20. The Hall–Kier alpha value is -2.88. The molecule has 0 aromatic carbocycles. The molecule has 10 heteroatoms. The molecule has 0 saturated heterocycles. The molecule has 3 heterocycles. The van der Waals surface area contributed by atoms with Gasteiger partial charge in [-0.05, 0) is 24.3 Å². The summed E-state index contributed by atoms with van der Waals surface area (Å²) in [6.07, 6.45) is 4.51. The van der Waals surface area contributed by atoms with Gasteiger partial charge in [0.1, 0.15) is 22.0 Å². The third-order valence-electron chi connectivity index (χ3n) is 5.00. The molecule has 0 spiro atoms. The van der Waals surface area contributed by atoms with Crippen molar-refractivity contribution in [1.29, 1.82) is 0 Å². The molecule has 3 rings (SSSR count). The van der Waals surface area contributed by atoms with E-state index in [1.54, 1.807) is 6.07 Å². The van der Waals surface area contributed by atoms with E-state index < -0.39 is 11.2 Å². The first-order valence-electron chi connectivity index (χ1n) is 10.3. The highest BCUT2D eigenvalue weighted by molar-refractivity contribution is 7.17. The van der Waals surface area contributed by atoms with E-state index >= 15 is 0 Å². The van der Waals surface area contributed by atoms with Crippen molar-refractivity contribution < 1.29 is 0 Å². The highest BCUT2D eigenvalue weighted by atomic mass is 32.1. The van der Waals surface area contributed by atoms with Crippen LogP contribution in [-0.4, -0.2) is 26.1 Å². The van der Waals surface area contributed by atoms with E-state index in [0.717, 1.165) is 32.1 Å². The molecule has 3 aromatic heterocycles. The number of anilines is 2. The van der Waals surface area contributed by atoms with Gasteiger partial charge in [0.05, 0.1) is 12.1 Å². The van der Waals surface area contributed by atoms with Crippen LogP contribution in [0.4, 0.5) is 11.5 Å². The topological polar surface area (TPSA) is 130 Å². The van der Waals surface area contributed by atoms with Crippen molar-refractivity contribution in [2.75, 3.05) is 17.2 Å². The van der Waals surface area contributed by atoms with E-state index in [9.17, 15) is 14.4 Å². The fraction of sp³-hybridized carbons (Fsp3) is 0.500. The molecular weight excluding hydrogens is 404 g/mol. The van der Waals surface area contributed by atoms with Crippen LogP contribution in [0.15, 0.2) is 25.8 Å². The van der Waals surface area contributed by atoms with Crippen LogP contribution in [-0.2, 0) is 13.1 Å². The Bertz CT molecular complexity index is 1180. The summed E-state index contributed by atoms with van der Waals surface area (Å²) in [7, 11) is 0. The van der Waals surface area contributed by atoms with Crippen molar-refractivity contribution in [2.24, 2.45) is 0 Å². The minimum atomic E-state index is -0.527. The van der Waals surface area contributed by atoms with Gasteiger partial charge in [0.25, 0.3) is 11.1 Å². The third-order valence-corrected chi connectivity index (χ3v) is 5.90. The molecule has 0 aliphatic rings. The summed E-state index contributed by atoms with van der Waals surface area (Å²) < 4.78 is 1.98. The minimum absolute atomic E-state index is 0.146. The molecule has 0 radical (unpaired) electrons. The standard InChI is InChI=1S/C20H28N6O3S/c1-3-5-7-9-25(12-14-22-13-8-11-30-16(13)19(28)23-14)15-17(21)26(10-6-4-2)20(29)24-18(15)27/h8,11H,3-7,9-10,12,21H2,1-2H3,(H,22,23,28)(H,24,27,29). The fourth-order valence-electron chi connectivity index (χ4n) is 3.42. The van der Waals surface area contributed by atoms with Gasteiger partial charge in [-0.1, -0.05) is 33.1 Å². The summed E-state index contributed by atoms with van der Waals surface area (Å²) in [6.45, 7) is 5.32. The van der Waals surface area contributed by atoms with Crippen LogP contribution >= 0.6 is 11.3 Å². The van der Waals surface area contributed by atoms with E-state index in [1.807, 2.05) is 17.2 Å². The lowest BCUT2D eigenvalue weighted by atomic mass is 10.2. The second-order valence-electron chi connectivity index (χ2n) is 7.27. The highest BCUT2D eigenvalue weighted by Crippen LogP contribution is 2.21. The summed E-state index contributed by atoms with van der Waals surface area (Å²) in [6, 6.07) is 1.80. The van der Waals surface area contributed by atoms with Gasteiger partial charge in [0, 0.05) is 13.1 Å². The van der Waals surface area contributed by atoms with Gasteiger partial charge in [0.15, 0.2) is 0 Å². The first-order chi connectivity index (χ1) is 14.5. The van der Waals surface area contributed by atoms with Crippen LogP contribution in [0.2, 0.25) is 0 Å². The average molecular weight is 433 g/mol. The number of unbranched alkanes of at least 4 members (excludes halogenated alkanes) is 3. The Morgan fingerprint density at radius 1 is 1.10 bits per heavy atom. The molecule has 0 atom stereocenters. The van der Waals surface area contributed by atoms with Gasteiger partial charge in [-0.15, -0.1) is 11.3 Å². The van der Waals surface area contributed by atoms with Crippen molar-refractivity contribution in [3.05, 3.63) is 48.5 Å². The van der Waals surface area contributed by atoms with Gasteiger partial charge in [-0.25, -0.2) is 9.78 Å². The molecule has 0 amide bonds. The predicted octanol–water partition coefficient (Wildman–Crippen LogP) is 2.41. The molecule has 0 saturated carbocycles. The minimum Gasteiger partial charge on any atom is -0.383 e. The number of nitrogens with one attached hydrogen (secondary N) is 2. The molecular formula is C20H28N6O3S. The summed E-state index contributed by atoms with van der Waals surface area (Å²) in [5.74, 6) is 0.597. The first kappa shape index (κ1) is 21.8. The Morgan fingerprint density at radius 3 is 2.60 bits per heavy atom. The number of aromatic nitrogens is 4. The molecule has 0 unspecified atom stereocenters. The average Bonchev–Trinajstić information content (AvgIpc) is 3.17. The second-order valence-corrected chi connectivity index (χ2v) is 8.19. The van der Waals surface area contributed by atoms with E-state index in [2.05, 4.69) is 21.9 Å². The van der Waals surface area contributed by atoms with Crippen LogP contribution in [0.5, 0.6) is 0 Å². The number of hydrogen-bond donors (Lipinski definition) is 3. The molecule has 0 aliphatic carbocycles. The molecule has 30 heavy (non-hydrogen) atoms. The number of rotatable bonds is 10. The molecule has 0 aliphatic heterocycles. The van der Waals surface area contributed by atoms with Crippen molar-refractivity contribution in [3.63, 3.8) is 0 Å². The maximum Gasteiger partial charge on any atom is 0.330 e. The predicted molar refractivity (Wildman–Crippen MR) is 121 cm³/mol. The van der Waals surface area contributed by atoms with E-state index in [4.69, 9.17) is 5.73 Å². The lowest BCUT2D eigenvalue weighted by molar-refractivity contribution is 0.598. The molecule has 9 nitrogen and oxygen atoms in total. The van der Waals surface area contributed by atoms with Gasteiger partial charge >= 0.3 is 5.69 Å². The number of nitrogen functional groups attached to an aromatic ring is 1. The maximum atomic E-state index is 12.7. The Kier molecular flexibility index (Phi) is 7.09. The van der Waals surface area contributed by atoms with Crippen molar-refractivity contribution in [1.82, 2.24) is 19.5 Å². The summed E-state index contributed by atoms with van der Waals surface area (Å²) in [5.41, 5.74) is 5.94. The van der Waals surface area contributed by atoms with Crippen LogP contribution < -0.4 is 27.4 Å². The maximum absolute atomic E-state index is 12.7. The van der Waals surface area contributed by atoms with E-state index in [1.165, 1.54) is 15.9 Å². The molecule has 4 N–H and O–H groups in total. The summed E-state index contributed by atoms with van der Waals surface area (Å²) in [5, 5.41) is 1.82. The van der Waals surface area contributed by atoms with Crippen LogP contribution in [0.25, 0.3) is 10.2 Å². The fourth-order valence-corrected chi connectivity index (χ4v) is 4.15. The largest absolute Gasteiger partial charge is 0.383 e. The number of nitrogens with two attached hydrogens (primary N) is 1. The van der Waals surface area contributed by atoms with Gasteiger partial charge in [-0.3, -0.25) is 19.1 Å². The van der Waals surface area contributed by atoms with E-state index in [-0.39, 0.29) is 23.6 Å². The quantitative estimate of drug-likeness (QED) is 0.422. The van der Waals surface area contributed by atoms with Gasteiger partial charge in [0.2, 0.25) is 0 Å². The first-order valence-corrected chi connectivity index (χ1v) is 11.2. The van der Waals surface area contributed by atoms with Crippen molar-refractivity contribution in [2.45, 2.75) is 59.0 Å². The Balaban J connectivity index is 2.03. The Labute approximate surface area is 177 Å². The van der Waals surface area contributed by atoms with Crippen LogP contribution in [0.3, 0.4) is 0 Å². The lowest BCUT2D eigenvalue weighted by Crippen LogP contribution is -2.39. The normalized spacial score (nSPS) is 11.3. The monoisotopic (exact) mass is 432 g/mol. The SMILES string of the molecule is CCCCCN(Cc1nc2ccsc2c(=O)[nH]1)c1c(N)n(CCCC)c(=O)[nH]c1=O. The number of H-pyrrole nitrogens is 2. The zero-order valence-corrected chi connectivity index (χ0v) is 18.2. The van der Waals surface area contributed by atoms with E-state index in [0.29, 0.717) is 29.1 Å². The molecule has 0 fully saturated rings. The summed E-state index contributed by atoms with van der Waals surface area (Å²) in [4.78, 5) is 48.9. The number of fused-ring (bicyclic) bond motifs is 1. The zero-order chi connectivity index (χ0) is 21.7. The smallest absolute Gasteiger partial charge is 0.330 e. The third kappa shape index (κ3) is 4.64. The number of hydrogen-bond acceptors (Lipinski definition) is 7. The Morgan fingerprint density at radius 2 is 1.87 bits per heavy atom. The number of thiophene rings is 1. The van der Waals surface area contributed by atoms with Crippen molar-refractivity contribution in [3.8, 4) is 0 Å². The lowest BCUT2D eigenvalue weighted by Gasteiger charge is -2.25. The molecule has 162 valence electrons. The van der Waals surface area contributed by atoms with Gasteiger partial charge in [-0.2, -0.15) is 0 Å². The summed E-state index contributed by atoms with van der Waals surface area (Å²) >= 11 is 1.34.